The van der Waals surface area contributed by atoms with Crippen LogP contribution < -0.4 is 5.73 Å². The summed E-state index contributed by atoms with van der Waals surface area (Å²) in [5.74, 6) is 0.428. The monoisotopic (exact) mass is 225 g/mol. The molecule has 1 heterocycles. The van der Waals surface area contributed by atoms with Crippen molar-refractivity contribution < 1.29 is 4.74 Å². The van der Waals surface area contributed by atoms with Gasteiger partial charge in [-0.25, -0.2) is 0 Å². The summed E-state index contributed by atoms with van der Waals surface area (Å²) < 4.78 is 5.44. The minimum atomic E-state index is 0.262. The van der Waals surface area contributed by atoms with Gasteiger partial charge in [-0.1, -0.05) is 23.7 Å². The van der Waals surface area contributed by atoms with Crippen molar-refractivity contribution in [2.45, 2.75) is 18.9 Å². The van der Waals surface area contributed by atoms with E-state index >= 15 is 0 Å². The number of hydrogen-bond acceptors (Lipinski definition) is 2. The maximum absolute atomic E-state index is 6.05. The summed E-state index contributed by atoms with van der Waals surface area (Å²) in [4.78, 5) is 0. The molecule has 2 N–H and O–H groups in total. The lowest BCUT2D eigenvalue weighted by Gasteiger charge is -2.28. The molecule has 2 atom stereocenters. The van der Waals surface area contributed by atoms with Crippen LogP contribution in [0.4, 0.5) is 0 Å². The SMILES string of the molecule is N[C@H]1CCOC[C@@H]1Cc1cccc(Cl)c1. The number of benzene rings is 1. The standard InChI is InChI=1S/C12H16ClNO/c13-11-3-1-2-9(7-11)6-10-8-15-5-4-12(10)14/h1-3,7,10,12H,4-6,8,14H2/t10-,12-/m0/s1. The van der Waals surface area contributed by atoms with Crippen LogP contribution in [0.15, 0.2) is 24.3 Å². The van der Waals surface area contributed by atoms with Crippen molar-refractivity contribution >= 4 is 11.6 Å². The second kappa shape index (κ2) is 4.97. The van der Waals surface area contributed by atoms with E-state index in [9.17, 15) is 0 Å². The van der Waals surface area contributed by atoms with E-state index in [0.29, 0.717) is 5.92 Å². The van der Waals surface area contributed by atoms with Gasteiger partial charge in [-0.05, 0) is 30.5 Å². The van der Waals surface area contributed by atoms with Gasteiger partial charge in [-0.15, -0.1) is 0 Å². The lowest BCUT2D eigenvalue weighted by atomic mass is 9.90. The third kappa shape index (κ3) is 2.94. The maximum Gasteiger partial charge on any atom is 0.0512 e. The van der Waals surface area contributed by atoms with Crippen molar-refractivity contribution in [1.29, 1.82) is 0 Å². The van der Waals surface area contributed by atoms with Gasteiger partial charge in [-0.3, -0.25) is 0 Å². The zero-order valence-electron chi connectivity index (χ0n) is 8.66. The van der Waals surface area contributed by atoms with Gasteiger partial charge in [0.15, 0.2) is 0 Å². The molecule has 1 aromatic carbocycles. The Labute approximate surface area is 95.4 Å². The highest BCUT2D eigenvalue weighted by molar-refractivity contribution is 6.30. The van der Waals surface area contributed by atoms with Crippen LogP contribution in [0.25, 0.3) is 0 Å². The average molecular weight is 226 g/mol. The van der Waals surface area contributed by atoms with Crippen molar-refractivity contribution in [2.75, 3.05) is 13.2 Å². The molecule has 1 fully saturated rings. The van der Waals surface area contributed by atoms with E-state index in [1.807, 2.05) is 18.2 Å². The number of ether oxygens (including phenoxy) is 1. The van der Waals surface area contributed by atoms with E-state index in [2.05, 4.69) is 6.07 Å². The van der Waals surface area contributed by atoms with Crippen LogP contribution in [0.5, 0.6) is 0 Å². The zero-order chi connectivity index (χ0) is 10.7. The number of halogens is 1. The Hall–Kier alpha value is -0.570. The van der Waals surface area contributed by atoms with Crippen molar-refractivity contribution in [3.8, 4) is 0 Å². The molecule has 0 unspecified atom stereocenters. The lowest BCUT2D eigenvalue weighted by molar-refractivity contribution is 0.0422. The van der Waals surface area contributed by atoms with Crippen LogP contribution in [0.1, 0.15) is 12.0 Å². The van der Waals surface area contributed by atoms with E-state index < -0.39 is 0 Å². The minimum absolute atomic E-state index is 0.262. The molecular formula is C12H16ClNO. The molecule has 1 aliphatic rings. The molecule has 15 heavy (non-hydrogen) atoms. The smallest absolute Gasteiger partial charge is 0.0512 e. The molecule has 0 spiro atoms. The van der Waals surface area contributed by atoms with E-state index in [1.165, 1.54) is 5.56 Å². The topological polar surface area (TPSA) is 35.2 Å². The molecule has 2 rings (SSSR count). The molecular weight excluding hydrogens is 210 g/mol. The number of rotatable bonds is 2. The Bertz CT molecular complexity index is 329. The van der Waals surface area contributed by atoms with E-state index in [-0.39, 0.29) is 6.04 Å². The van der Waals surface area contributed by atoms with E-state index in [1.54, 1.807) is 0 Å². The second-order valence-corrected chi connectivity index (χ2v) is 4.56. The molecule has 0 aromatic heterocycles. The number of nitrogens with two attached hydrogens (primary N) is 1. The molecule has 3 heteroatoms. The van der Waals surface area contributed by atoms with E-state index in [0.717, 1.165) is 31.1 Å². The summed E-state index contributed by atoms with van der Waals surface area (Å²) in [6, 6.07) is 8.23. The first-order valence-corrected chi connectivity index (χ1v) is 5.71. The zero-order valence-corrected chi connectivity index (χ0v) is 9.41. The normalized spacial score (nSPS) is 26.5. The Morgan fingerprint density at radius 1 is 1.47 bits per heavy atom. The molecule has 1 aromatic rings. The highest BCUT2D eigenvalue weighted by Crippen LogP contribution is 2.20. The highest BCUT2D eigenvalue weighted by atomic mass is 35.5. The van der Waals surface area contributed by atoms with Gasteiger partial charge in [-0.2, -0.15) is 0 Å². The van der Waals surface area contributed by atoms with Gasteiger partial charge >= 0.3 is 0 Å². The van der Waals surface area contributed by atoms with Crippen LogP contribution in [-0.4, -0.2) is 19.3 Å². The van der Waals surface area contributed by atoms with Crippen LogP contribution in [0, 0.1) is 5.92 Å². The van der Waals surface area contributed by atoms with Gasteiger partial charge in [0, 0.05) is 23.6 Å². The Balaban J connectivity index is 2.01. The molecule has 1 aliphatic heterocycles. The molecule has 0 radical (unpaired) electrons. The van der Waals surface area contributed by atoms with Crippen molar-refractivity contribution in [3.05, 3.63) is 34.9 Å². The Kier molecular flexibility index (Phi) is 3.62. The maximum atomic E-state index is 6.05. The Morgan fingerprint density at radius 2 is 2.33 bits per heavy atom. The summed E-state index contributed by atoms with van der Waals surface area (Å²) in [6.07, 6.45) is 1.92. The summed E-state index contributed by atoms with van der Waals surface area (Å²) in [7, 11) is 0. The molecule has 0 bridgehead atoms. The van der Waals surface area contributed by atoms with Crippen LogP contribution >= 0.6 is 11.6 Å². The molecule has 1 saturated heterocycles. The first-order valence-electron chi connectivity index (χ1n) is 5.33. The first kappa shape index (κ1) is 10.9. The Morgan fingerprint density at radius 3 is 3.07 bits per heavy atom. The summed E-state index contributed by atoms with van der Waals surface area (Å²) >= 11 is 5.94. The fraction of sp³-hybridized carbons (Fsp3) is 0.500. The fourth-order valence-corrected chi connectivity index (χ4v) is 2.20. The van der Waals surface area contributed by atoms with Crippen molar-refractivity contribution in [1.82, 2.24) is 0 Å². The van der Waals surface area contributed by atoms with Crippen LogP contribution in [0.3, 0.4) is 0 Å². The molecule has 82 valence electrons. The molecule has 0 saturated carbocycles. The summed E-state index contributed by atoms with van der Waals surface area (Å²) in [6.45, 7) is 1.57. The first-order chi connectivity index (χ1) is 7.25. The van der Waals surface area contributed by atoms with Crippen molar-refractivity contribution in [3.63, 3.8) is 0 Å². The fourth-order valence-electron chi connectivity index (χ4n) is 1.99. The van der Waals surface area contributed by atoms with E-state index in [4.69, 9.17) is 22.1 Å². The summed E-state index contributed by atoms with van der Waals surface area (Å²) in [5, 5.41) is 0.790. The molecule has 0 amide bonds. The largest absolute Gasteiger partial charge is 0.381 e. The van der Waals surface area contributed by atoms with Crippen LogP contribution in [0.2, 0.25) is 5.02 Å². The third-order valence-corrected chi connectivity index (χ3v) is 3.15. The van der Waals surface area contributed by atoms with Crippen LogP contribution in [-0.2, 0) is 11.2 Å². The second-order valence-electron chi connectivity index (χ2n) is 4.12. The quantitative estimate of drug-likeness (QED) is 0.838. The molecule has 0 aliphatic carbocycles. The minimum Gasteiger partial charge on any atom is -0.381 e. The van der Waals surface area contributed by atoms with Gasteiger partial charge in [0.05, 0.1) is 6.61 Å². The van der Waals surface area contributed by atoms with Gasteiger partial charge < -0.3 is 10.5 Å². The molecule has 2 nitrogen and oxygen atoms in total. The van der Waals surface area contributed by atoms with Crippen molar-refractivity contribution in [2.24, 2.45) is 11.7 Å². The number of hydrogen-bond donors (Lipinski definition) is 1. The van der Waals surface area contributed by atoms with Gasteiger partial charge in [0.25, 0.3) is 0 Å². The third-order valence-electron chi connectivity index (χ3n) is 2.92. The average Bonchev–Trinajstić information content (AvgIpc) is 2.22. The predicted octanol–water partition coefficient (Wildman–Crippen LogP) is 2.25. The van der Waals surface area contributed by atoms with Gasteiger partial charge in [0.2, 0.25) is 0 Å². The highest BCUT2D eigenvalue weighted by Gasteiger charge is 2.22. The summed E-state index contributed by atoms with van der Waals surface area (Å²) in [5.41, 5.74) is 7.30. The van der Waals surface area contributed by atoms with Gasteiger partial charge in [0.1, 0.15) is 0 Å². The predicted molar refractivity (Wildman–Crippen MR) is 62.1 cm³/mol. The lowest BCUT2D eigenvalue weighted by Crippen LogP contribution is -2.39.